The number of amides is 1. The zero-order valence-corrected chi connectivity index (χ0v) is 10.7. The molecule has 1 saturated carbocycles. The van der Waals surface area contributed by atoms with E-state index in [9.17, 15) is 4.79 Å². The van der Waals surface area contributed by atoms with Crippen LogP contribution < -0.4 is 11.1 Å². The minimum atomic E-state index is -0.00829. The average molecular weight is 286 g/mol. The first kappa shape index (κ1) is 11.7. The molecule has 1 heterocycles. The van der Waals surface area contributed by atoms with Crippen LogP contribution in [0, 0.1) is 0 Å². The van der Waals surface area contributed by atoms with Crippen LogP contribution in [0.4, 0.5) is 0 Å². The van der Waals surface area contributed by atoms with E-state index in [1.165, 1.54) is 12.8 Å². The van der Waals surface area contributed by atoms with E-state index in [1.807, 2.05) is 12.3 Å². The number of aromatic nitrogens is 1. The smallest absolute Gasteiger partial charge is 0.267 e. The fourth-order valence-corrected chi connectivity index (χ4v) is 2.11. The van der Waals surface area contributed by atoms with Crippen molar-refractivity contribution in [3.63, 3.8) is 0 Å². The molecule has 0 aliphatic heterocycles. The number of hydrogen-bond donors (Lipinski definition) is 2. The van der Waals surface area contributed by atoms with Gasteiger partial charge in [0.1, 0.15) is 5.69 Å². The molecule has 1 amide bonds. The lowest BCUT2D eigenvalue weighted by molar-refractivity contribution is 0.0944. The lowest BCUT2D eigenvalue weighted by Gasteiger charge is -2.07. The molecule has 1 aliphatic rings. The van der Waals surface area contributed by atoms with Crippen LogP contribution in [0.3, 0.4) is 0 Å². The molecule has 0 spiro atoms. The van der Waals surface area contributed by atoms with E-state index in [-0.39, 0.29) is 5.91 Å². The monoisotopic (exact) mass is 285 g/mol. The molecule has 0 saturated heterocycles. The number of carbonyl (C=O) groups is 1. The quantitative estimate of drug-likeness (QED) is 0.809. The fourth-order valence-electron chi connectivity index (χ4n) is 1.68. The van der Waals surface area contributed by atoms with Crippen LogP contribution in [0.1, 0.15) is 35.8 Å². The molecule has 1 aromatic rings. The van der Waals surface area contributed by atoms with Gasteiger partial charge in [0, 0.05) is 23.3 Å². The Hall–Kier alpha value is -0.810. The Morgan fingerprint density at radius 2 is 2.38 bits per heavy atom. The Morgan fingerprint density at radius 3 is 3.00 bits per heavy atom. The summed E-state index contributed by atoms with van der Waals surface area (Å²) in [5, 5.41) is 2.88. The highest BCUT2D eigenvalue weighted by molar-refractivity contribution is 9.10. The molecule has 16 heavy (non-hydrogen) atoms. The first-order valence-electron chi connectivity index (χ1n) is 5.58. The summed E-state index contributed by atoms with van der Waals surface area (Å²) in [6.07, 6.45) is 5.14. The van der Waals surface area contributed by atoms with Crippen LogP contribution in [0.25, 0.3) is 0 Å². The molecule has 1 aromatic heterocycles. The second-order valence-corrected chi connectivity index (χ2v) is 5.00. The van der Waals surface area contributed by atoms with E-state index in [0.29, 0.717) is 19.1 Å². The highest BCUT2D eigenvalue weighted by Crippen LogP contribution is 2.37. The van der Waals surface area contributed by atoms with Gasteiger partial charge in [-0.2, -0.15) is 0 Å². The normalized spacial score (nSPS) is 15.1. The van der Waals surface area contributed by atoms with Crippen LogP contribution in [0.15, 0.2) is 16.7 Å². The van der Waals surface area contributed by atoms with Crippen LogP contribution in [0.2, 0.25) is 0 Å². The van der Waals surface area contributed by atoms with Crippen molar-refractivity contribution >= 4 is 21.8 Å². The predicted octanol–water partition coefficient (Wildman–Crippen LogP) is 1.66. The van der Waals surface area contributed by atoms with Crippen molar-refractivity contribution in [3.05, 3.63) is 22.4 Å². The van der Waals surface area contributed by atoms with E-state index in [0.717, 1.165) is 16.6 Å². The molecule has 3 N–H and O–H groups in total. The van der Waals surface area contributed by atoms with Crippen LogP contribution in [-0.2, 0) is 0 Å². The van der Waals surface area contributed by atoms with E-state index >= 15 is 0 Å². The van der Waals surface area contributed by atoms with Crippen LogP contribution >= 0.6 is 15.9 Å². The summed E-state index contributed by atoms with van der Waals surface area (Å²) >= 11 is 3.41. The molecule has 0 bridgehead atoms. The number of nitrogens with two attached hydrogens (primary N) is 1. The molecule has 0 radical (unpaired) electrons. The first-order chi connectivity index (χ1) is 7.72. The second kappa shape index (κ2) is 5.01. The number of rotatable bonds is 5. The molecule has 0 unspecified atom stereocenters. The van der Waals surface area contributed by atoms with Gasteiger partial charge in [0.2, 0.25) is 0 Å². The largest absolute Gasteiger partial charge is 0.351 e. The third kappa shape index (κ3) is 2.65. The molecule has 0 aromatic carbocycles. The Kier molecular flexibility index (Phi) is 3.66. The third-order valence-electron chi connectivity index (χ3n) is 2.65. The molecule has 5 heteroatoms. The van der Waals surface area contributed by atoms with Crippen molar-refractivity contribution in [3.8, 4) is 0 Å². The molecule has 0 atom stereocenters. The molecule has 1 fully saturated rings. The van der Waals surface area contributed by atoms with Crippen LogP contribution in [-0.4, -0.2) is 23.6 Å². The van der Waals surface area contributed by atoms with Gasteiger partial charge in [-0.1, -0.05) is 0 Å². The maximum atomic E-state index is 11.9. The number of nitrogens with zero attached hydrogens (tertiary/aromatic N) is 1. The molecule has 2 rings (SSSR count). The van der Waals surface area contributed by atoms with E-state index < -0.39 is 0 Å². The summed E-state index contributed by atoms with van der Waals surface area (Å²) in [5.74, 6) is -0.00829. The summed E-state index contributed by atoms with van der Waals surface area (Å²) in [7, 11) is 0. The van der Waals surface area contributed by atoms with Gasteiger partial charge in [-0.15, -0.1) is 0 Å². The van der Waals surface area contributed by atoms with E-state index in [1.54, 1.807) is 0 Å². The number of halogens is 1. The van der Waals surface area contributed by atoms with E-state index in [2.05, 4.69) is 25.8 Å². The second-order valence-electron chi connectivity index (χ2n) is 4.08. The Balaban J connectivity index is 2.03. The van der Waals surface area contributed by atoms with Gasteiger partial charge in [0.15, 0.2) is 0 Å². The fraction of sp³-hybridized carbons (Fsp3) is 0.545. The lowest BCUT2D eigenvalue weighted by atomic mass is 10.3. The molecule has 1 aliphatic carbocycles. The van der Waals surface area contributed by atoms with Gasteiger partial charge in [-0.05, 0) is 47.8 Å². The van der Waals surface area contributed by atoms with E-state index in [4.69, 9.17) is 5.73 Å². The molecular formula is C11H16BrN3O. The predicted molar refractivity (Wildman–Crippen MR) is 66.4 cm³/mol. The van der Waals surface area contributed by atoms with Gasteiger partial charge < -0.3 is 15.6 Å². The number of nitrogens with one attached hydrogen (secondary N) is 1. The maximum absolute atomic E-state index is 11.9. The van der Waals surface area contributed by atoms with Gasteiger partial charge >= 0.3 is 0 Å². The summed E-state index contributed by atoms with van der Waals surface area (Å²) in [6.45, 7) is 1.25. The molecular weight excluding hydrogens is 270 g/mol. The Labute approximate surface area is 103 Å². The van der Waals surface area contributed by atoms with Gasteiger partial charge in [0.05, 0.1) is 0 Å². The summed E-state index contributed by atoms with van der Waals surface area (Å²) in [4.78, 5) is 11.9. The first-order valence-corrected chi connectivity index (χ1v) is 6.37. The maximum Gasteiger partial charge on any atom is 0.267 e. The minimum Gasteiger partial charge on any atom is -0.351 e. The van der Waals surface area contributed by atoms with Crippen molar-refractivity contribution in [2.75, 3.05) is 13.1 Å². The number of hydrogen-bond acceptors (Lipinski definition) is 2. The summed E-state index contributed by atoms with van der Waals surface area (Å²) < 4.78 is 3.02. The third-order valence-corrected chi connectivity index (χ3v) is 3.09. The van der Waals surface area contributed by atoms with Crippen molar-refractivity contribution in [2.45, 2.75) is 25.3 Å². The minimum absolute atomic E-state index is 0.00829. The standard InChI is InChI=1S/C11H16BrN3O/c12-8-6-10(11(16)14-5-1-4-13)15(7-8)9-2-3-9/h6-7,9H,1-5,13H2,(H,14,16). The zero-order chi connectivity index (χ0) is 11.5. The van der Waals surface area contributed by atoms with Crippen molar-refractivity contribution in [2.24, 2.45) is 5.73 Å². The number of carbonyl (C=O) groups excluding carboxylic acids is 1. The topological polar surface area (TPSA) is 60.0 Å². The molecule has 4 nitrogen and oxygen atoms in total. The highest BCUT2D eigenvalue weighted by atomic mass is 79.9. The Morgan fingerprint density at radius 1 is 1.62 bits per heavy atom. The summed E-state index contributed by atoms with van der Waals surface area (Å²) in [6, 6.07) is 2.39. The van der Waals surface area contributed by atoms with Gasteiger partial charge in [-0.25, -0.2) is 0 Å². The van der Waals surface area contributed by atoms with Crippen molar-refractivity contribution in [1.82, 2.24) is 9.88 Å². The Bertz CT molecular complexity index is 385. The van der Waals surface area contributed by atoms with Gasteiger partial charge in [0.25, 0.3) is 5.91 Å². The molecule has 88 valence electrons. The zero-order valence-electron chi connectivity index (χ0n) is 9.08. The summed E-state index contributed by atoms with van der Waals surface area (Å²) in [5.41, 5.74) is 6.12. The van der Waals surface area contributed by atoms with Crippen molar-refractivity contribution < 1.29 is 4.79 Å². The highest BCUT2D eigenvalue weighted by Gasteiger charge is 2.27. The average Bonchev–Trinajstić information content (AvgIpc) is 3.02. The lowest BCUT2D eigenvalue weighted by Crippen LogP contribution is -2.27. The van der Waals surface area contributed by atoms with Crippen LogP contribution in [0.5, 0.6) is 0 Å². The van der Waals surface area contributed by atoms with Gasteiger partial charge in [-0.3, -0.25) is 4.79 Å². The SMILES string of the molecule is NCCCNC(=O)c1cc(Br)cn1C1CC1. The van der Waals surface area contributed by atoms with Crippen molar-refractivity contribution in [1.29, 1.82) is 0 Å².